The van der Waals surface area contributed by atoms with Gasteiger partial charge < -0.3 is 9.64 Å². The molecule has 2 aromatic rings. The topological polar surface area (TPSA) is 36.3 Å². The Morgan fingerprint density at radius 3 is 3.05 bits per heavy atom. The van der Waals surface area contributed by atoms with Gasteiger partial charge in [-0.05, 0) is 35.6 Å². The Kier molecular flexibility index (Phi) is 3.14. The molecule has 0 atom stereocenters. The largest absolute Gasteiger partial charge is 0.497 e. The summed E-state index contributed by atoms with van der Waals surface area (Å²) in [6, 6.07) is 10.1. The Morgan fingerprint density at radius 1 is 1.37 bits per heavy atom. The molecule has 1 aliphatic heterocycles. The molecule has 0 spiro atoms. The van der Waals surface area contributed by atoms with Crippen LogP contribution in [0.25, 0.3) is 0 Å². The highest BCUT2D eigenvalue weighted by Gasteiger charge is 2.20. The van der Waals surface area contributed by atoms with Crippen LogP contribution < -0.4 is 9.64 Å². The van der Waals surface area contributed by atoms with E-state index < -0.39 is 0 Å². The van der Waals surface area contributed by atoms with Gasteiger partial charge in [0, 0.05) is 24.0 Å². The number of ether oxygens (including phenoxy) is 1. The number of hydrogen-bond acceptors (Lipinski definition) is 4. The van der Waals surface area contributed by atoms with Gasteiger partial charge in [-0.25, -0.2) is 0 Å². The fraction of sp³-hybridized carbons (Fsp3) is 0.267. The van der Waals surface area contributed by atoms with Crippen LogP contribution in [0.5, 0.6) is 5.75 Å². The number of nitrogens with zero attached hydrogens (tertiary/aromatic N) is 2. The van der Waals surface area contributed by atoms with Crippen molar-refractivity contribution in [1.82, 2.24) is 0 Å². The quantitative estimate of drug-likeness (QED) is 0.841. The number of fused-ring (bicyclic) bond motifs is 1. The molecule has 2 heterocycles. The minimum absolute atomic E-state index is 0.708. The molecule has 1 aliphatic rings. The summed E-state index contributed by atoms with van der Waals surface area (Å²) in [4.78, 5) is 3.73. The van der Waals surface area contributed by atoms with Crippen LogP contribution >= 0.6 is 11.3 Å². The third-order valence-corrected chi connectivity index (χ3v) is 4.50. The maximum Gasteiger partial charge on any atom is 0.121 e. The Balaban J connectivity index is 1.97. The minimum atomic E-state index is 0.708. The molecule has 0 radical (unpaired) electrons. The predicted molar refractivity (Wildman–Crippen MR) is 76.8 cm³/mol. The van der Waals surface area contributed by atoms with Crippen molar-refractivity contribution in [1.29, 1.82) is 5.26 Å². The summed E-state index contributed by atoms with van der Waals surface area (Å²) in [7, 11) is 1.65. The molecule has 0 unspecified atom stereocenters. The van der Waals surface area contributed by atoms with Gasteiger partial charge in [0.15, 0.2) is 0 Å². The molecular formula is C15H14N2OS. The first-order valence-electron chi connectivity index (χ1n) is 6.20. The zero-order valence-electron chi connectivity index (χ0n) is 10.7. The van der Waals surface area contributed by atoms with Crippen molar-refractivity contribution in [3.05, 3.63) is 45.6 Å². The highest BCUT2D eigenvalue weighted by molar-refractivity contribution is 7.10. The average Bonchev–Trinajstić information content (AvgIpc) is 2.93. The molecule has 19 heavy (non-hydrogen) atoms. The summed E-state index contributed by atoms with van der Waals surface area (Å²) in [5.74, 6) is 0.796. The van der Waals surface area contributed by atoms with Gasteiger partial charge in [0.05, 0.1) is 18.4 Å². The fourth-order valence-electron chi connectivity index (χ4n) is 2.45. The Bertz CT molecular complexity index is 642. The van der Waals surface area contributed by atoms with Gasteiger partial charge in [-0.1, -0.05) is 0 Å². The van der Waals surface area contributed by atoms with Gasteiger partial charge in [-0.3, -0.25) is 0 Å². The maximum absolute atomic E-state index is 9.25. The van der Waals surface area contributed by atoms with E-state index in [2.05, 4.69) is 22.4 Å². The highest BCUT2D eigenvalue weighted by atomic mass is 32.1. The van der Waals surface area contributed by atoms with E-state index in [0.717, 1.165) is 30.9 Å². The number of thiophene rings is 1. The third kappa shape index (κ3) is 2.18. The predicted octanol–water partition coefficient (Wildman–Crippen LogP) is 3.19. The maximum atomic E-state index is 9.25. The zero-order chi connectivity index (χ0) is 13.2. The van der Waals surface area contributed by atoms with Crippen LogP contribution in [0, 0.1) is 11.3 Å². The minimum Gasteiger partial charge on any atom is -0.497 e. The van der Waals surface area contributed by atoms with Crippen molar-refractivity contribution in [2.75, 3.05) is 18.6 Å². The first-order chi connectivity index (χ1) is 9.31. The standard InChI is InChI=1S/C15H14N2OS/c1-18-13-3-2-11(9-16)14(8-13)17-6-4-15-12(10-17)5-7-19-15/h2-3,5,7-8H,4,6,10H2,1H3. The van der Waals surface area contributed by atoms with Crippen LogP contribution in [0.15, 0.2) is 29.6 Å². The molecule has 0 bridgehead atoms. The van der Waals surface area contributed by atoms with Crippen LogP contribution in [0.2, 0.25) is 0 Å². The van der Waals surface area contributed by atoms with Gasteiger partial charge in [0.1, 0.15) is 11.8 Å². The number of rotatable bonds is 2. The van der Waals surface area contributed by atoms with Gasteiger partial charge >= 0.3 is 0 Å². The van der Waals surface area contributed by atoms with Gasteiger partial charge in [0.25, 0.3) is 0 Å². The van der Waals surface area contributed by atoms with Gasteiger partial charge in [-0.15, -0.1) is 11.3 Å². The van der Waals surface area contributed by atoms with Crippen molar-refractivity contribution < 1.29 is 4.74 Å². The highest BCUT2D eigenvalue weighted by Crippen LogP contribution is 2.31. The summed E-state index contributed by atoms with van der Waals surface area (Å²) in [6.45, 7) is 1.83. The van der Waals surface area contributed by atoms with Crippen LogP contribution in [-0.4, -0.2) is 13.7 Å². The summed E-state index contributed by atoms with van der Waals surface area (Å²) < 4.78 is 5.27. The van der Waals surface area contributed by atoms with E-state index in [1.54, 1.807) is 7.11 Å². The lowest BCUT2D eigenvalue weighted by molar-refractivity contribution is 0.414. The smallest absolute Gasteiger partial charge is 0.121 e. The lowest BCUT2D eigenvalue weighted by Crippen LogP contribution is -2.30. The third-order valence-electron chi connectivity index (χ3n) is 3.47. The van der Waals surface area contributed by atoms with Crippen LogP contribution in [-0.2, 0) is 13.0 Å². The van der Waals surface area contributed by atoms with Crippen LogP contribution in [0.1, 0.15) is 16.0 Å². The number of anilines is 1. The first kappa shape index (κ1) is 12.1. The molecular weight excluding hydrogens is 256 g/mol. The molecule has 4 heteroatoms. The second kappa shape index (κ2) is 4.94. The van der Waals surface area contributed by atoms with Gasteiger partial charge in [-0.2, -0.15) is 5.26 Å². The number of benzene rings is 1. The monoisotopic (exact) mass is 270 g/mol. The summed E-state index contributed by atoms with van der Waals surface area (Å²) >= 11 is 1.82. The molecule has 0 saturated heterocycles. The molecule has 0 saturated carbocycles. The van der Waals surface area contributed by atoms with Crippen molar-refractivity contribution in [2.24, 2.45) is 0 Å². The SMILES string of the molecule is COc1ccc(C#N)c(N2CCc3sccc3C2)c1. The van der Waals surface area contributed by atoms with Gasteiger partial charge in [0.2, 0.25) is 0 Å². The molecule has 3 nitrogen and oxygen atoms in total. The van der Waals surface area contributed by atoms with E-state index in [4.69, 9.17) is 4.74 Å². The second-order valence-corrected chi connectivity index (χ2v) is 5.54. The fourth-order valence-corrected chi connectivity index (χ4v) is 3.34. The molecule has 1 aromatic carbocycles. The Labute approximate surface area is 116 Å². The zero-order valence-corrected chi connectivity index (χ0v) is 11.5. The first-order valence-corrected chi connectivity index (χ1v) is 7.08. The molecule has 0 amide bonds. The van der Waals surface area contributed by atoms with E-state index in [1.165, 1.54) is 10.4 Å². The van der Waals surface area contributed by atoms with Crippen molar-refractivity contribution in [3.8, 4) is 11.8 Å². The van der Waals surface area contributed by atoms with Crippen molar-refractivity contribution >= 4 is 17.0 Å². The van der Waals surface area contributed by atoms with Crippen LogP contribution in [0.3, 0.4) is 0 Å². The number of methoxy groups -OCH3 is 1. The van der Waals surface area contributed by atoms with Crippen molar-refractivity contribution in [3.63, 3.8) is 0 Å². The number of nitriles is 1. The molecule has 1 aromatic heterocycles. The van der Waals surface area contributed by atoms with E-state index >= 15 is 0 Å². The summed E-state index contributed by atoms with van der Waals surface area (Å²) in [5, 5.41) is 11.4. The lowest BCUT2D eigenvalue weighted by atomic mass is 10.1. The Hall–Kier alpha value is -1.99. The summed E-state index contributed by atoms with van der Waals surface area (Å²) in [5.41, 5.74) is 3.06. The molecule has 96 valence electrons. The van der Waals surface area contributed by atoms with E-state index in [-0.39, 0.29) is 0 Å². The average molecular weight is 270 g/mol. The Morgan fingerprint density at radius 2 is 2.26 bits per heavy atom. The molecule has 0 fully saturated rings. The molecule has 0 N–H and O–H groups in total. The second-order valence-electron chi connectivity index (χ2n) is 4.54. The number of hydrogen-bond donors (Lipinski definition) is 0. The van der Waals surface area contributed by atoms with E-state index in [0.29, 0.717) is 5.56 Å². The molecule has 0 aliphatic carbocycles. The van der Waals surface area contributed by atoms with Crippen molar-refractivity contribution in [2.45, 2.75) is 13.0 Å². The normalized spacial score (nSPS) is 13.8. The van der Waals surface area contributed by atoms with Crippen LogP contribution in [0.4, 0.5) is 5.69 Å². The lowest BCUT2D eigenvalue weighted by Gasteiger charge is -2.29. The van der Waals surface area contributed by atoms with E-state index in [1.807, 2.05) is 29.5 Å². The van der Waals surface area contributed by atoms with E-state index in [9.17, 15) is 5.26 Å². The molecule has 3 rings (SSSR count). The summed E-state index contributed by atoms with van der Waals surface area (Å²) in [6.07, 6.45) is 1.05.